The molecule has 4 aliphatic rings. The topological polar surface area (TPSA) is 54.4 Å². The molecule has 4 rings (SSSR count). The van der Waals surface area contributed by atoms with Crippen LogP contribution in [0.1, 0.15) is 111 Å². The van der Waals surface area contributed by atoms with E-state index in [-0.39, 0.29) is 22.5 Å². The summed E-state index contributed by atoms with van der Waals surface area (Å²) in [6.45, 7) is 7.07. The highest BCUT2D eigenvalue weighted by Crippen LogP contribution is 2.66. The molecule has 0 aromatic heterocycles. The molecule has 4 aliphatic carbocycles. The van der Waals surface area contributed by atoms with Crippen LogP contribution >= 0.6 is 0 Å². The van der Waals surface area contributed by atoms with Crippen molar-refractivity contribution >= 4 is 11.8 Å². The lowest BCUT2D eigenvalue weighted by Gasteiger charge is -2.56. The Kier molecular flexibility index (Phi) is 7.56. The van der Waals surface area contributed by atoms with Crippen molar-refractivity contribution in [1.29, 1.82) is 0 Å². The number of ketones is 1. The van der Waals surface area contributed by atoms with Crippen LogP contribution in [0.4, 0.5) is 0 Å². The fourth-order valence-corrected chi connectivity index (χ4v) is 8.52. The molecule has 2 saturated carbocycles. The number of aliphatic carboxylic acids is 1. The third kappa shape index (κ3) is 4.63. The number of carboxylic acid groups (broad SMARTS) is 1. The molecule has 33 heavy (non-hydrogen) atoms. The smallest absolute Gasteiger partial charge is 0.306 e. The van der Waals surface area contributed by atoms with Gasteiger partial charge in [0, 0.05) is 6.42 Å². The lowest BCUT2D eigenvalue weighted by molar-refractivity contribution is -0.147. The second-order valence-electron chi connectivity index (χ2n) is 12.2. The Bertz CT molecular complexity index is 794. The normalized spacial score (nSPS) is 38.3. The van der Waals surface area contributed by atoms with Crippen molar-refractivity contribution in [3.8, 4) is 0 Å². The summed E-state index contributed by atoms with van der Waals surface area (Å²) in [5, 5.41) is 10.2. The first-order valence-corrected chi connectivity index (χ1v) is 14.0. The molecular formula is C30H46O3. The quantitative estimate of drug-likeness (QED) is 0.343. The molecule has 184 valence electrons. The number of carbonyl (C=O) groups is 2. The van der Waals surface area contributed by atoms with E-state index in [1.165, 1.54) is 56.9 Å². The molecule has 0 amide bonds. The summed E-state index contributed by atoms with van der Waals surface area (Å²) in [5.74, 6) is 1.58. The Hall–Kier alpha value is -1.38. The molecule has 2 fully saturated rings. The van der Waals surface area contributed by atoms with Gasteiger partial charge in [-0.1, -0.05) is 77.9 Å². The van der Waals surface area contributed by atoms with Gasteiger partial charge in [-0.15, -0.1) is 0 Å². The van der Waals surface area contributed by atoms with E-state index in [1.54, 1.807) is 0 Å². The standard InChI is InChI=1S/C30H46O3/c1-4-5-6-7-8-9-10-11-24(28(32)33)26-15-14-25-23-13-12-21-20-22(31)16-18-29(21,2)27(23)17-19-30(25,26)3/h12-13,20,23-27H,4-11,14-19H2,1-3H3,(H,32,33)/t23-,24?,25-,26+,27-,29-,30-/m0/s1. The van der Waals surface area contributed by atoms with Crippen LogP contribution in [-0.4, -0.2) is 16.9 Å². The number of unbranched alkanes of at least 4 members (excludes halogenated alkanes) is 6. The summed E-state index contributed by atoms with van der Waals surface area (Å²) in [7, 11) is 0. The second-order valence-corrected chi connectivity index (χ2v) is 12.2. The van der Waals surface area contributed by atoms with Crippen LogP contribution in [0.2, 0.25) is 0 Å². The van der Waals surface area contributed by atoms with E-state index in [1.807, 2.05) is 6.08 Å². The molecule has 3 heteroatoms. The zero-order valence-corrected chi connectivity index (χ0v) is 21.3. The summed E-state index contributed by atoms with van der Waals surface area (Å²) < 4.78 is 0. The lowest BCUT2D eigenvalue weighted by Crippen LogP contribution is -2.50. The van der Waals surface area contributed by atoms with Crippen LogP contribution in [0.5, 0.6) is 0 Å². The molecule has 0 aromatic carbocycles. The molecule has 0 radical (unpaired) electrons. The average molecular weight is 455 g/mol. The summed E-state index contributed by atoms with van der Waals surface area (Å²) >= 11 is 0. The Balaban J connectivity index is 1.44. The van der Waals surface area contributed by atoms with Crippen LogP contribution < -0.4 is 0 Å². The second kappa shape index (κ2) is 10.1. The molecule has 7 atom stereocenters. The van der Waals surface area contributed by atoms with Crippen LogP contribution in [-0.2, 0) is 9.59 Å². The first kappa shape index (κ1) is 24.7. The zero-order valence-electron chi connectivity index (χ0n) is 21.3. The summed E-state index contributed by atoms with van der Waals surface area (Å²) in [4.78, 5) is 24.5. The van der Waals surface area contributed by atoms with Crippen LogP contribution in [0.3, 0.4) is 0 Å². The van der Waals surface area contributed by atoms with E-state index in [4.69, 9.17) is 0 Å². The zero-order chi connectivity index (χ0) is 23.6. The first-order chi connectivity index (χ1) is 15.8. The number of rotatable bonds is 10. The van der Waals surface area contributed by atoms with E-state index in [2.05, 4.69) is 32.9 Å². The van der Waals surface area contributed by atoms with E-state index >= 15 is 0 Å². The van der Waals surface area contributed by atoms with Gasteiger partial charge in [0.25, 0.3) is 0 Å². The minimum Gasteiger partial charge on any atom is -0.481 e. The molecule has 0 heterocycles. The fourth-order valence-electron chi connectivity index (χ4n) is 8.52. The van der Waals surface area contributed by atoms with Gasteiger partial charge in [0.05, 0.1) is 5.92 Å². The SMILES string of the molecule is CCCCCCCCCC(C(=O)O)[C@H]1CC[C@H]2[C@@H]3C=CC4=CC(=O)CC[C@]4(C)[C@H]3CC[C@]12C. The third-order valence-corrected chi connectivity index (χ3v) is 10.5. The average Bonchev–Trinajstić information content (AvgIpc) is 3.13. The Labute approximate surface area is 201 Å². The first-order valence-electron chi connectivity index (χ1n) is 14.0. The van der Waals surface area contributed by atoms with Gasteiger partial charge in [-0.25, -0.2) is 0 Å². The van der Waals surface area contributed by atoms with Crippen LogP contribution in [0.25, 0.3) is 0 Å². The highest BCUT2D eigenvalue weighted by molar-refractivity contribution is 5.92. The van der Waals surface area contributed by atoms with Crippen molar-refractivity contribution in [2.45, 2.75) is 111 Å². The van der Waals surface area contributed by atoms with E-state index in [0.717, 1.165) is 32.1 Å². The predicted molar refractivity (Wildman–Crippen MR) is 134 cm³/mol. The summed E-state index contributed by atoms with van der Waals surface area (Å²) in [6.07, 6.45) is 22.4. The third-order valence-electron chi connectivity index (χ3n) is 10.5. The van der Waals surface area contributed by atoms with E-state index < -0.39 is 5.97 Å². The molecule has 0 bridgehead atoms. The van der Waals surface area contributed by atoms with Crippen molar-refractivity contribution in [2.75, 3.05) is 0 Å². The lowest BCUT2D eigenvalue weighted by atomic mass is 9.48. The fraction of sp³-hybridized carbons (Fsp3) is 0.800. The van der Waals surface area contributed by atoms with Gasteiger partial charge in [-0.3, -0.25) is 9.59 Å². The number of carbonyl (C=O) groups excluding carboxylic acids is 1. The van der Waals surface area contributed by atoms with Gasteiger partial charge in [-0.05, 0) is 84.7 Å². The molecule has 1 N–H and O–H groups in total. The van der Waals surface area contributed by atoms with E-state index in [9.17, 15) is 14.7 Å². The van der Waals surface area contributed by atoms with Gasteiger partial charge in [0.15, 0.2) is 5.78 Å². The van der Waals surface area contributed by atoms with Gasteiger partial charge in [0.1, 0.15) is 0 Å². The highest BCUT2D eigenvalue weighted by atomic mass is 16.4. The van der Waals surface area contributed by atoms with Gasteiger partial charge in [0.2, 0.25) is 0 Å². The summed E-state index contributed by atoms with van der Waals surface area (Å²) in [5.41, 5.74) is 1.51. The monoisotopic (exact) mass is 454 g/mol. The maximum atomic E-state index is 12.4. The Morgan fingerprint density at radius 1 is 1.03 bits per heavy atom. The number of fused-ring (bicyclic) bond motifs is 5. The van der Waals surface area contributed by atoms with Gasteiger partial charge < -0.3 is 5.11 Å². The Morgan fingerprint density at radius 2 is 1.76 bits per heavy atom. The number of allylic oxidation sites excluding steroid dienone is 4. The van der Waals surface area contributed by atoms with Crippen molar-refractivity contribution in [2.24, 2.45) is 40.4 Å². The largest absolute Gasteiger partial charge is 0.481 e. The number of hydrogen-bond acceptors (Lipinski definition) is 2. The maximum absolute atomic E-state index is 12.4. The van der Waals surface area contributed by atoms with Crippen molar-refractivity contribution < 1.29 is 14.7 Å². The highest BCUT2D eigenvalue weighted by Gasteiger charge is 2.59. The molecule has 0 aliphatic heterocycles. The minimum absolute atomic E-state index is 0.122. The van der Waals surface area contributed by atoms with Crippen LogP contribution in [0, 0.1) is 40.4 Å². The molecule has 0 saturated heterocycles. The van der Waals surface area contributed by atoms with Crippen molar-refractivity contribution in [1.82, 2.24) is 0 Å². The molecular weight excluding hydrogens is 408 g/mol. The van der Waals surface area contributed by atoms with Crippen molar-refractivity contribution in [3.63, 3.8) is 0 Å². The predicted octanol–water partition coefficient (Wildman–Crippen LogP) is 7.75. The number of hydrogen-bond donors (Lipinski definition) is 1. The van der Waals surface area contributed by atoms with Gasteiger partial charge in [-0.2, -0.15) is 0 Å². The molecule has 3 nitrogen and oxygen atoms in total. The molecule has 1 unspecified atom stereocenters. The molecule has 0 aromatic rings. The van der Waals surface area contributed by atoms with E-state index in [0.29, 0.717) is 30.1 Å². The maximum Gasteiger partial charge on any atom is 0.306 e. The van der Waals surface area contributed by atoms with Crippen LogP contribution in [0.15, 0.2) is 23.8 Å². The summed E-state index contributed by atoms with van der Waals surface area (Å²) in [6, 6.07) is 0. The van der Waals surface area contributed by atoms with Gasteiger partial charge >= 0.3 is 5.97 Å². The minimum atomic E-state index is -0.558. The van der Waals surface area contributed by atoms with Crippen molar-refractivity contribution in [3.05, 3.63) is 23.8 Å². The molecule has 0 spiro atoms. The number of carboxylic acids is 1. The Morgan fingerprint density at radius 3 is 2.48 bits per heavy atom.